The third-order valence-corrected chi connectivity index (χ3v) is 9.31. The van der Waals surface area contributed by atoms with Crippen LogP contribution in [0, 0.1) is 28.6 Å². The fourth-order valence-corrected chi connectivity index (χ4v) is 5.80. The quantitative estimate of drug-likeness (QED) is 0.118. The number of rotatable bonds is 17. The van der Waals surface area contributed by atoms with E-state index < -0.39 is 113 Å². The molecule has 1 aliphatic rings. The zero-order chi connectivity index (χ0) is 36.8. The van der Waals surface area contributed by atoms with Crippen molar-refractivity contribution in [1.29, 1.82) is 0 Å². The van der Waals surface area contributed by atoms with Crippen molar-refractivity contribution in [3.05, 3.63) is 0 Å². The van der Waals surface area contributed by atoms with E-state index in [0.717, 1.165) is 6.26 Å². The molecule has 0 heterocycles. The molecule has 1 rings (SSSR count). The van der Waals surface area contributed by atoms with Crippen LogP contribution in [0.25, 0.3) is 0 Å². The summed E-state index contributed by atoms with van der Waals surface area (Å²) in [7, 11) is -3.60. The predicted octanol–water partition coefficient (Wildman–Crippen LogP) is 5.21. The molecule has 276 valence electrons. The molecule has 0 aromatic rings. The van der Waals surface area contributed by atoms with Gasteiger partial charge in [-0.05, 0) is 45.4 Å². The highest BCUT2D eigenvalue weighted by atomic mass is 32.2. The lowest BCUT2D eigenvalue weighted by Crippen LogP contribution is -2.53. The van der Waals surface area contributed by atoms with Gasteiger partial charge in [0.1, 0.15) is 12.3 Å². The zero-order valence-electron chi connectivity index (χ0n) is 28.8. The lowest BCUT2D eigenvalue weighted by Gasteiger charge is -2.41. The molecule has 1 aliphatic carbocycles. The molecular weight excluding hydrogens is 657 g/mol. The molecule has 7 unspecified atom stereocenters. The zero-order valence-corrected chi connectivity index (χ0v) is 29.6. The number of hydrogen-bond acceptors (Lipinski definition) is 9. The second-order valence-corrected chi connectivity index (χ2v) is 16.5. The van der Waals surface area contributed by atoms with Gasteiger partial charge in [0.05, 0.1) is 30.8 Å². The minimum atomic E-state index is -5.02. The lowest BCUT2D eigenvalue weighted by molar-refractivity contribution is -0.279. The molecular formula is C31H52F5NO9S. The van der Waals surface area contributed by atoms with Gasteiger partial charge in [-0.3, -0.25) is 9.59 Å². The fraction of sp³-hybridized carbons (Fsp3) is 0.903. The Balaban J connectivity index is 3.32. The van der Waals surface area contributed by atoms with Crippen LogP contribution in [0.15, 0.2) is 0 Å². The van der Waals surface area contributed by atoms with Crippen molar-refractivity contribution in [3.8, 4) is 0 Å². The van der Waals surface area contributed by atoms with Gasteiger partial charge in [-0.2, -0.15) is 13.2 Å². The summed E-state index contributed by atoms with van der Waals surface area (Å²) in [5.41, 5.74) is -9.03. The van der Waals surface area contributed by atoms with Gasteiger partial charge < -0.3 is 19.3 Å². The Morgan fingerprint density at radius 1 is 0.979 bits per heavy atom. The van der Waals surface area contributed by atoms with Crippen LogP contribution in [0.4, 0.5) is 22.0 Å². The van der Waals surface area contributed by atoms with Crippen LogP contribution in [0.3, 0.4) is 0 Å². The maximum absolute atomic E-state index is 17.0. The Labute approximate surface area is 274 Å². The van der Waals surface area contributed by atoms with Crippen LogP contribution in [0.2, 0.25) is 0 Å². The van der Waals surface area contributed by atoms with Gasteiger partial charge in [0, 0.05) is 30.7 Å². The molecule has 2 N–H and O–H groups in total. The molecule has 7 atom stereocenters. The third kappa shape index (κ3) is 12.7. The summed E-state index contributed by atoms with van der Waals surface area (Å²) in [5, 5.41) is 10.2. The molecule has 0 bridgehead atoms. The van der Waals surface area contributed by atoms with Crippen LogP contribution >= 0.6 is 0 Å². The van der Waals surface area contributed by atoms with E-state index in [2.05, 4.69) is 4.72 Å². The van der Waals surface area contributed by atoms with E-state index in [1.54, 1.807) is 27.7 Å². The molecule has 0 radical (unpaired) electrons. The van der Waals surface area contributed by atoms with E-state index in [1.165, 1.54) is 20.8 Å². The number of esters is 3. The first-order valence-electron chi connectivity index (χ1n) is 15.7. The van der Waals surface area contributed by atoms with Crippen LogP contribution in [-0.4, -0.2) is 87.2 Å². The Kier molecular flexibility index (Phi) is 14.7. The second-order valence-electron chi connectivity index (χ2n) is 14.6. The van der Waals surface area contributed by atoms with Gasteiger partial charge >= 0.3 is 24.1 Å². The first-order chi connectivity index (χ1) is 21.1. The number of ether oxygens (including phenoxy) is 3. The molecule has 10 nitrogen and oxygen atoms in total. The van der Waals surface area contributed by atoms with E-state index in [4.69, 9.17) is 14.2 Å². The SMILES string of the molecule is CCC(C)(CC(F)(CC(C)C(=O)OCC(C)C)C(=O)OCC(C)(C)CNS(C)(=O)=O)C(=O)OC1CC(C(C)(O)C(F)(F)F)CCC1F. The van der Waals surface area contributed by atoms with Crippen molar-refractivity contribution >= 4 is 27.9 Å². The second kappa shape index (κ2) is 16.1. The van der Waals surface area contributed by atoms with E-state index in [0.29, 0.717) is 6.92 Å². The fourth-order valence-electron chi connectivity index (χ4n) is 5.15. The smallest absolute Gasteiger partial charge is 0.417 e. The summed E-state index contributed by atoms with van der Waals surface area (Å²) in [6, 6.07) is 0. The minimum absolute atomic E-state index is 0.0292. The summed E-state index contributed by atoms with van der Waals surface area (Å²) in [6.07, 6.45) is -10.8. The molecule has 16 heteroatoms. The number of alkyl halides is 5. The van der Waals surface area contributed by atoms with Crippen molar-refractivity contribution in [3.63, 3.8) is 0 Å². The predicted molar refractivity (Wildman–Crippen MR) is 163 cm³/mol. The van der Waals surface area contributed by atoms with Gasteiger partial charge in [0.25, 0.3) is 0 Å². The average Bonchev–Trinajstić information content (AvgIpc) is 2.93. The molecule has 0 aliphatic heterocycles. The summed E-state index contributed by atoms with van der Waals surface area (Å²) in [5.74, 6) is -6.13. The number of aliphatic hydroxyl groups is 1. The topological polar surface area (TPSA) is 145 Å². The Bertz CT molecular complexity index is 1190. The van der Waals surface area contributed by atoms with Gasteiger partial charge in [-0.25, -0.2) is 26.7 Å². The Morgan fingerprint density at radius 3 is 2.04 bits per heavy atom. The number of halogens is 5. The van der Waals surface area contributed by atoms with Gasteiger partial charge in [-0.15, -0.1) is 0 Å². The van der Waals surface area contributed by atoms with E-state index in [9.17, 15) is 45.5 Å². The lowest BCUT2D eigenvalue weighted by atomic mass is 9.74. The van der Waals surface area contributed by atoms with E-state index in [-0.39, 0.29) is 31.9 Å². The standard InChI is InChI=1S/C31H52F5NO9S/c1-10-28(7,25(39)46-23-13-21(11-12-22(23)32)29(8,41)31(34,35)36)16-30(33,14-20(4)24(38)44-15-19(2)3)26(40)45-18-27(5,6)17-37-47(9,42)43/h19-23,37,41H,10-18H2,1-9H3. The third-order valence-electron chi connectivity index (χ3n) is 8.65. The summed E-state index contributed by atoms with van der Waals surface area (Å²) < 4.78 is 113. The van der Waals surface area contributed by atoms with Crippen molar-refractivity contribution in [2.24, 2.45) is 28.6 Å². The van der Waals surface area contributed by atoms with Crippen molar-refractivity contribution < 1.29 is 64.1 Å². The molecule has 0 amide bonds. The Morgan fingerprint density at radius 2 is 1.55 bits per heavy atom. The number of sulfonamides is 1. The summed E-state index contributed by atoms with van der Waals surface area (Å²) >= 11 is 0. The molecule has 0 aromatic carbocycles. The monoisotopic (exact) mass is 709 g/mol. The van der Waals surface area contributed by atoms with Gasteiger partial charge in [-0.1, -0.05) is 41.5 Å². The first-order valence-corrected chi connectivity index (χ1v) is 17.6. The van der Waals surface area contributed by atoms with Crippen molar-refractivity contribution in [2.75, 3.05) is 26.0 Å². The Hall–Kier alpha value is -2.07. The van der Waals surface area contributed by atoms with Gasteiger partial charge in [0.2, 0.25) is 15.7 Å². The number of hydrogen-bond donors (Lipinski definition) is 2. The number of carbonyl (C=O) groups excluding carboxylic acids is 3. The first kappa shape index (κ1) is 43.0. The van der Waals surface area contributed by atoms with Gasteiger partial charge in [0.15, 0.2) is 5.60 Å². The molecule has 1 fully saturated rings. The summed E-state index contributed by atoms with van der Waals surface area (Å²) in [6.45, 7) is 10.7. The van der Waals surface area contributed by atoms with Crippen LogP contribution < -0.4 is 4.72 Å². The molecule has 47 heavy (non-hydrogen) atoms. The minimum Gasteiger partial charge on any atom is -0.465 e. The highest BCUT2D eigenvalue weighted by Gasteiger charge is 2.57. The van der Waals surface area contributed by atoms with E-state index >= 15 is 4.39 Å². The van der Waals surface area contributed by atoms with Crippen molar-refractivity contribution in [1.82, 2.24) is 4.72 Å². The highest BCUT2D eigenvalue weighted by Crippen LogP contribution is 2.45. The van der Waals surface area contributed by atoms with Crippen molar-refractivity contribution in [2.45, 2.75) is 124 Å². The number of carbonyl (C=O) groups is 3. The summed E-state index contributed by atoms with van der Waals surface area (Å²) in [4.78, 5) is 39.6. The molecule has 0 aromatic heterocycles. The highest BCUT2D eigenvalue weighted by molar-refractivity contribution is 7.88. The molecule has 1 saturated carbocycles. The largest absolute Gasteiger partial charge is 0.465 e. The van der Waals surface area contributed by atoms with Crippen LogP contribution in [0.5, 0.6) is 0 Å². The molecule has 0 spiro atoms. The normalized spacial score (nSPS) is 24.0. The number of nitrogens with one attached hydrogen (secondary N) is 1. The van der Waals surface area contributed by atoms with Crippen LogP contribution in [0.1, 0.15) is 93.9 Å². The van der Waals surface area contributed by atoms with E-state index in [1.807, 2.05) is 0 Å². The molecule has 0 saturated heterocycles. The van der Waals surface area contributed by atoms with Crippen LogP contribution in [-0.2, 0) is 38.6 Å². The maximum atomic E-state index is 17.0. The average molecular weight is 710 g/mol. The maximum Gasteiger partial charge on any atom is 0.417 e.